The van der Waals surface area contributed by atoms with Crippen molar-refractivity contribution in [3.8, 4) is 0 Å². The fourth-order valence-corrected chi connectivity index (χ4v) is 13.1. The Bertz CT molecular complexity index is 2080. The van der Waals surface area contributed by atoms with Gasteiger partial charge in [-0.2, -0.15) is 0 Å². The van der Waals surface area contributed by atoms with Crippen LogP contribution in [0.25, 0.3) is 0 Å². The van der Waals surface area contributed by atoms with E-state index >= 15 is 0 Å². The maximum absolute atomic E-state index is 13.1. The Labute approximate surface area is 610 Å². The summed E-state index contributed by atoms with van der Waals surface area (Å²) in [5, 5.41) is 10.6. The summed E-state index contributed by atoms with van der Waals surface area (Å²) in [4.78, 5) is 73.0. The van der Waals surface area contributed by atoms with Gasteiger partial charge in [-0.05, 0) is 89.9 Å². The fourth-order valence-electron chi connectivity index (χ4n) is 11.5. The maximum Gasteiger partial charge on any atom is 0.472 e. The molecule has 5 unspecified atom stereocenters. The normalized spacial score (nSPS) is 14.1. The molecule has 0 fully saturated rings. The molecule has 0 spiro atoms. The topological polar surface area (TPSA) is 237 Å². The van der Waals surface area contributed by atoms with E-state index in [1.165, 1.54) is 167 Å². The predicted molar refractivity (Wildman–Crippen MR) is 409 cm³/mol. The predicted octanol–water partition coefficient (Wildman–Crippen LogP) is 23.7. The molecule has 0 aromatic rings. The molecule has 0 rings (SSSR count). The van der Waals surface area contributed by atoms with Crippen LogP contribution in [0.2, 0.25) is 0 Å². The third-order valence-electron chi connectivity index (χ3n) is 17.8. The number of phosphoric ester groups is 2. The summed E-state index contributed by atoms with van der Waals surface area (Å²) < 4.78 is 68.6. The smallest absolute Gasteiger partial charge is 0.462 e. The number of ether oxygens (including phenoxy) is 4. The second-order valence-electron chi connectivity index (χ2n) is 27.7. The van der Waals surface area contributed by atoms with Gasteiger partial charge >= 0.3 is 39.5 Å². The Morgan fingerprint density at radius 3 is 0.790 bits per heavy atom. The van der Waals surface area contributed by atoms with Crippen LogP contribution in [0.5, 0.6) is 0 Å². The fraction of sp³-hybridized carbons (Fsp3) is 0.852. The number of phosphoric acid groups is 2. The summed E-state index contributed by atoms with van der Waals surface area (Å²) >= 11 is 0. The number of esters is 4. The molecular formula is C81H150O17P2. The van der Waals surface area contributed by atoms with Crippen molar-refractivity contribution >= 4 is 39.5 Å². The highest BCUT2D eigenvalue weighted by atomic mass is 31.2. The average Bonchev–Trinajstić information content (AvgIpc) is 0.935. The summed E-state index contributed by atoms with van der Waals surface area (Å²) in [6.45, 7) is 4.90. The van der Waals surface area contributed by atoms with Crippen molar-refractivity contribution in [1.82, 2.24) is 0 Å². The van der Waals surface area contributed by atoms with Crippen LogP contribution < -0.4 is 0 Å². The van der Waals surface area contributed by atoms with E-state index in [9.17, 15) is 43.2 Å². The summed E-state index contributed by atoms with van der Waals surface area (Å²) in [7, 11) is -9.94. The standard InChI is InChI=1S/C81H150O17P2/c1-5-9-13-17-21-25-29-33-35-36-37-38-40-44-46-50-54-58-62-66-79(84)92-72-77(98-81(86)68-64-60-56-52-48-42-32-28-24-20-16-12-8-4)74-96-100(89,90)94-70-75(82)69-93-99(87,88)95-73-76(97-80(85)67-63-59-55-51-47-41-31-27-23-19-15-11-7-3)71-91-78(83)65-61-57-53-49-45-43-39-34-30-26-22-18-14-10-6-2/h21,25,28,32-33,35,37-38,75-77,82H,5-20,22-24,26-27,29-31,34,36,39-74H2,1-4H3,(H,87,88)(H,89,90)/b25-21-,32-28-,35-33-,38-37-. The highest BCUT2D eigenvalue weighted by Gasteiger charge is 2.30. The lowest BCUT2D eigenvalue weighted by Crippen LogP contribution is -2.30. The second kappa shape index (κ2) is 74.3. The molecule has 0 heterocycles. The summed E-state index contributed by atoms with van der Waals surface area (Å²) in [6.07, 6.45) is 72.2. The molecule has 0 radical (unpaired) electrons. The van der Waals surface area contributed by atoms with Crippen LogP contribution in [-0.4, -0.2) is 96.7 Å². The third kappa shape index (κ3) is 73.3. The lowest BCUT2D eigenvalue weighted by molar-refractivity contribution is -0.161. The van der Waals surface area contributed by atoms with E-state index in [1.807, 2.05) is 0 Å². The van der Waals surface area contributed by atoms with E-state index in [4.69, 9.17) is 37.0 Å². The molecule has 0 aliphatic rings. The minimum atomic E-state index is -4.97. The van der Waals surface area contributed by atoms with Crippen LogP contribution in [0.15, 0.2) is 48.6 Å². The number of hydrogen-bond donors (Lipinski definition) is 3. The zero-order valence-electron chi connectivity index (χ0n) is 64.1. The third-order valence-corrected chi connectivity index (χ3v) is 19.7. The molecule has 0 aliphatic heterocycles. The van der Waals surface area contributed by atoms with Gasteiger partial charge in [0.05, 0.1) is 26.4 Å². The van der Waals surface area contributed by atoms with E-state index < -0.39 is 97.5 Å². The van der Waals surface area contributed by atoms with Gasteiger partial charge in [0.25, 0.3) is 0 Å². The molecule has 586 valence electrons. The molecule has 19 heteroatoms. The number of carbonyl (C=O) groups excluding carboxylic acids is 4. The van der Waals surface area contributed by atoms with E-state index in [0.29, 0.717) is 25.7 Å². The Morgan fingerprint density at radius 1 is 0.280 bits per heavy atom. The molecule has 0 aromatic heterocycles. The van der Waals surface area contributed by atoms with E-state index in [0.717, 1.165) is 141 Å². The number of rotatable bonds is 78. The van der Waals surface area contributed by atoms with Gasteiger partial charge in [-0.3, -0.25) is 37.3 Å². The quantitative estimate of drug-likeness (QED) is 0.0169. The van der Waals surface area contributed by atoms with Gasteiger partial charge in [0.15, 0.2) is 12.2 Å². The van der Waals surface area contributed by atoms with E-state index in [-0.39, 0.29) is 25.7 Å². The SMILES string of the molecule is CCCCC/C=C\C/C=C\C/C=C\CCCCCCCCC(=O)OCC(COP(=O)(O)OCC(O)COP(=O)(O)OCC(COC(=O)CCCCCCCCCCCCCCCCC)OC(=O)CCCCCCCCCCCCCCC)OC(=O)CCCCCCC/C=C\CCCCCC. The van der Waals surface area contributed by atoms with Crippen LogP contribution in [0.1, 0.15) is 387 Å². The van der Waals surface area contributed by atoms with Gasteiger partial charge in [-0.15, -0.1) is 0 Å². The first-order chi connectivity index (χ1) is 48.7. The molecule has 0 amide bonds. The van der Waals surface area contributed by atoms with Crippen molar-refractivity contribution in [2.45, 2.75) is 406 Å². The Balaban J connectivity index is 5.29. The van der Waals surface area contributed by atoms with Gasteiger partial charge in [-0.25, -0.2) is 9.13 Å². The molecule has 3 N–H and O–H groups in total. The maximum atomic E-state index is 13.1. The summed E-state index contributed by atoms with van der Waals surface area (Å²) in [6, 6.07) is 0. The van der Waals surface area contributed by atoms with Gasteiger partial charge < -0.3 is 33.8 Å². The monoisotopic (exact) mass is 1460 g/mol. The van der Waals surface area contributed by atoms with Crippen molar-refractivity contribution < 1.29 is 80.2 Å². The summed E-state index contributed by atoms with van der Waals surface area (Å²) in [5.41, 5.74) is 0. The van der Waals surface area contributed by atoms with Crippen molar-refractivity contribution in [2.75, 3.05) is 39.6 Å². The highest BCUT2D eigenvalue weighted by molar-refractivity contribution is 7.47. The Hall–Kier alpha value is -2.98. The largest absolute Gasteiger partial charge is 0.472 e. The first-order valence-corrected chi connectivity index (χ1v) is 43.9. The van der Waals surface area contributed by atoms with Crippen LogP contribution in [0, 0.1) is 0 Å². The van der Waals surface area contributed by atoms with Crippen LogP contribution in [0.3, 0.4) is 0 Å². The summed E-state index contributed by atoms with van der Waals surface area (Å²) in [5.74, 6) is -2.15. The zero-order chi connectivity index (χ0) is 73.2. The van der Waals surface area contributed by atoms with Crippen molar-refractivity contribution in [3.05, 3.63) is 48.6 Å². The lowest BCUT2D eigenvalue weighted by Gasteiger charge is -2.21. The van der Waals surface area contributed by atoms with Crippen molar-refractivity contribution in [2.24, 2.45) is 0 Å². The van der Waals surface area contributed by atoms with Crippen molar-refractivity contribution in [1.29, 1.82) is 0 Å². The molecule has 0 bridgehead atoms. The van der Waals surface area contributed by atoms with Crippen molar-refractivity contribution in [3.63, 3.8) is 0 Å². The van der Waals surface area contributed by atoms with Gasteiger partial charge in [0.1, 0.15) is 19.3 Å². The van der Waals surface area contributed by atoms with Gasteiger partial charge in [-0.1, -0.05) is 320 Å². The average molecular weight is 1460 g/mol. The Kier molecular flexibility index (Phi) is 72.1. The van der Waals surface area contributed by atoms with Crippen LogP contribution in [0.4, 0.5) is 0 Å². The number of allylic oxidation sites excluding steroid dienone is 8. The first kappa shape index (κ1) is 97.0. The number of aliphatic hydroxyl groups excluding tert-OH is 1. The molecule has 0 saturated heterocycles. The Morgan fingerprint density at radius 2 is 0.490 bits per heavy atom. The van der Waals surface area contributed by atoms with Gasteiger partial charge in [0.2, 0.25) is 0 Å². The number of carbonyl (C=O) groups is 4. The molecule has 100 heavy (non-hydrogen) atoms. The number of aliphatic hydroxyl groups is 1. The van der Waals surface area contributed by atoms with Crippen LogP contribution in [-0.2, 0) is 65.4 Å². The molecular weight excluding hydrogens is 1310 g/mol. The molecule has 5 atom stereocenters. The molecule has 17 nitrogen and oxygen atoms in total. The van der Waals surface area contributed by atoms with Gasteiger partial charge in [0, 0.05) is 25.7 Å². The van der Waals surface area contributed by atoms with E-state index in [2.05, 4.69) is 76.3 Å². The lowest BCUT2D eigenvalue weighted by atomic mass is 10.0. The number of hydrogen-bond acceptors (Lipinski definition) is 15. The minimum absolute atomic E-state index is 0.0867. The molecule has 0 saturated carbocycles. The second-order valence-corrected chi connectivity index (χ2v) is 30.6. The minimum Gasteiger partial charge on any atom is -0.462 e. The first-order valence-electron chi connectivity index (χ1n) is 40.9. The molecule has 0 aromatic carbocycles. The highest BCUT2D eigenvalue weighted by Crippen LogP contribution is 2.45. The number of unbranched alkanes of at least 4 members (excludes halogenated alkanes) is 44. The zero-order valence-corrected chi connectivity index (χ0v) is 65.9. The van der Waals surface area contributed by atoms with E-state index in [1.54, 1.807) is 0 Å². The van der Waals surface area contributed by atoms with Crippen LogP contribution >= 0.6 is 15.6 Å². The molecule has 0 aliphatic carbocycles.